The SMILES string of the molecule is COC(=O)CCC(O)CNc1cc(F)ccc1F. The number of carbonyl (C=O) groups is 1. The van der Waals surface area contributed by atoms with Gasteiger partial charge in [-0.1, -0.05) is 0 Å². The summed E-state index contributed by atoms with van der Waals surface area (Å²) >= 11 is 0. The average Bonchev–Trinajstić information content (AvgIpc) is 2.36. The Kier molecular flexibility index (Phi) is 5.51. The molecule has 0 fully saturated rings. The van der Waals surface area contributed by atoms with Gasteiger partial charge < -0.3 is 15.2 Å². The number of nitrogens with one attached hydrogen (secondary N) is 1. The smallest absolute Gasteiger partial charge is 0.305 e. The maximum atomic E-state index is 13.2. The lowest BCUT2D eigenvalue weighted by molar-refractivity contribution is -0.141. The lowest BCUT2D eigenvalue weighted by Crippen LogP contribution is -2.21. The minimum atomic E-state index is -0.841. The average molecular weight is 259 g/mol. The van der Waals surface area contributed by atoms with Crippen molar-refractivity contribution in [3.8, 4) is 0 Å². The third-order valence-electron chi connectivity index (χ3n) is 2.37. The quantitative estimate of drug-likeness (QED) is 0.763. The largest absolute Gasteiger partial charge is 0.469 e. The van der Waals surface area contributed by atoms with Crippen LogP contribution in [0.15, 0.2) is 18.2 Å². The number of carbonyl (C=O) groups excluding carboxylic acids is 1. The second kappa shape index (κ2) is 6.90. The van der Waals surface area contributed by atoms with E-state index < -0.39 is 23.7 Å². The second-order valence-electron chi connectivity index (χ2n) is 3.77. The van der Waals surface area contributed by atoms with E-state index in [4.69, 9.17) is 0 Å². The number of aliphatic hydroxyl groups is 1. The normalized spacial score (nSPS) is 12.0. The lowest BCUT2D eigenvalue weighted by Gasteiger charge is -2.12. The first kappa shape index (κ1) is 14.4. The van der Waals surface area contributed by atoms with E-state index in [-0.39, 0.29) is 25.1 Å². The van der Waals surface area contributed by atoms with Gasteiger partial charge in [0.2, 0.25) is 0 Å². The fourth-order valence-electron chi connectivity index (χ4n) is 1.35. The van der Waals surface area contributed by atoms with Crippen molar-refractivity contribution in [2.75, 3.05) is 19.0 Å². The zero-order chi connectivity index (χ0) is 13.5. The minimum absolute atomic E-state index is 0.0212. The van der Waals surface area contributed by atoms with Gasteiger partial charge in [0.05, 0.1) is 18.9 Å². The Bertz CT molecular complexity index is 412. The first-order chi connectivity index (χ1) is 8.52. The Morgan fingerprint density at radius 2 is 2.22 bits per heavy atom. The summed E-state index contributed by atoms with van der Waals surface area (Å²) in [4.78, 5) is 10.8. The fraction of sp³-hybridized carbons (Fsp3) is 0.417. The molecule has 100 valence electrons. The molecule has 1 unspecified atom stereocenters. The highest BCUT2D eigenvalue weighted by Crippen LogP contribution is 2.15. The standard InChI is InChI=1S/C12H15F2NO3/c1-18-12(17)5-3-9(16)7-15-11-6-8(13)2-4-10(11)14/h2,4,6,9,15-16H,3,5,7H2,1H3. The van der Waals surface area contributed by atoms with Crippen molar-refractivity contribution in [2.24, 2.45) is 0 Å². The van der Waals surface area contributed by atoms with Crippen LogP contribution in [0.4, 0.5) is 14.5 Å². The number of ether oxygens (including phenoxy) is 1. The summed E-state index contributed by atoms with van der Waals surface area (Å²) in [6.45, 7) is 0.0252. The highest BCUT2D eigenvalue weighted by Gasteiger charge is 2.10. The van der Waals surface area contributed by atoms with Crippen LogP contribution in [0.1, 0.15) is 12.8 Å². The van der Waals surface area contributed by atoms with Crippen LogP contribution in [0.3, 0.4) is 0 Å². The van der Waals surface area contributed by atoms with Gasteiger partial charge >= 0.3 is 5.97 Å². The number of hydrogen-bond donors (Lipinski definition) is 2. The van der Waals surface area contributed by atoms with E-state index in [1.165, 1.54) is 7.11 Å². The molecule has 0 radical (unpaired) electrons. The van der Waals surface area contributed by atoms with Gasteiger partial charge in [-0.3, -0.25) is 4.79 Å². The zero-order valence-electron chi connectivity index (χ0n) is 9.95. The third kappa shape index (κ3) is 4.67. The van der Waals surface area contributed by atoms with Crippen molar-refractivity contribution in [3.05, 3.63) is 29.8 Å². The molecule has 1 aromatic rings. The maximum Gasteiger partial charge on any atom is 0.305 e. The number of methoxy groups -OCH3 is 1. The molecule has 0 spiro atoms. The van der Waals surface area contributed by atoms with E-state index in [0.717, 1.165) is 18.2 Å². The molecule has 0 amide bonds. The molecule has 1 aromatic carbocycles. The van der Waals surface area contributed by atoms with Crippen molar-refractivity contribution in [1.29, 1.82) is 0 Å². The molecule has 2 N–H and O–H groups in total. The van der Waals surface area contributed by atoms with E-state index in [9.17, 15) is 18.7 Å². The molecule has 0 aliphatic rings. The van der Waals surface area contributed by atoms with E-state index in [1.54, 1.807) is 0 Å². The molecule has 6 heteroatoms. The number of aliphatic hydroxyl groups excluding tert-OH is 1. The first-order valence-electron chi connectivity index (χ1n) is 5.46. The Morgan fingerprint density at radius 1 is 1.50 bits per heavy atom. The molecular formula is C12H15F2NO3. The van der Waals surface area contributed by atoms with Gasteiger partial charge in [0, 0.05) is 13.0 Å². The van der Waals surface area contributed by atoms with Gasteiger partial charge in [0.1, 0.15) is 11.6 Å². The van der Waals surface area contributed by atoms with Crippen molar-refractivity contribution < 1.29 is 23.4 Å². The molecule has 0 saturated carbocycles. The molecule has 1 rings (SSSR count). The predicted molar refractivity (Wildman–Crippen MR) is 62.1 cm³/mol. The summed E-state index contributed by atoms with van der Waals surface area (Å²) in [5.41, 5.74) is -0.0212. The van der Waals surface area contributed by atoms with E-state index in [1.807, 2.05) is 0 Å². The molecule has 0 aliphatic heterocycles. The summed E-state index contributed by atoms with van der Waals surface area (Å²) in [5, 5.41) is 12.1. The van der Waals surface area contributed by atoms with Crippen molar-refractivity contribution in [2.45, 2.75) is 18.9 Å². The monoisotopic (exact) mass is 259 g/mol. The van der Waals surface area contributed by atoms with Crippen molar-refractivity contribution in [1.82, 2.24) is 0 Å². The zero-order valence-corrected chi connectivity index (χ0v) is 9.95. The number of halogens is 2. The molecule has 0 bridgehead atoms. The molecular weight excluding hydrogens is 244 g/mol. The molecule has 18 heavy (non-hydrogen) atoms. The van der Waals surface area contributed by atoms with Gasteiger partial charge in [0.25, 0.3) is 0 Å². The maximum absolute atomic E-state index is 13.2. The van der Waals surface area contributed by atoms with Gasteiger partial charge in [0.15, 0.2) is 0 Å². The summed E-state index contributed by atoms with van der Waals surface area (Å²) in [6, 6.07) is 3.01. The second-order valence-corrected chi connectivity index (χ2v) is 3.77. The minimum Gasteiger partial charge on any atom is -0.469 e. The van der Waals surface area contributed by atoms with Crippen molar-refractivity contribution in [3.63, 3.8) is 0 Å². The highest BCUT2D eigenvalue weighted by molar-refractivity contribution is 5.69. The fourth-order valence-corrected chi connectivity index (χ4v) is 1.35. The van der Waals surface area contributed by atoms with Gasteiger partial charge in [-0.2, -0.15) is 0 Å². The van der Waals surface area contributed by atoms with Crippen LogP contribution < -0.4 is 5.32 Å². The number of esters is 1. The van der Waals surface area contributed by atoms with E-state index >= 15 is 0 Å². The predicted octanol–water partition coefficient (Wildman–Crippen LogP) is 1.69. The van der Waals surface area contributed by atoms with Crippen LogP contribution in [0, 0.1) is 11.6 Å². The summed E-state index contributed by atoms with van der Waals surface area (Å²) < 4.78 is 30.5. The number of hydrogen-bond acceptors (Lipinski definition) is 4. The topological polar surface area (TPSA) is 58.6 Å². The molecule has 0 heterocycles. The number of anilines is 1. The van der Waals surface area contributed by atoms with E-state index in [2.05, 4.69) is 10.1 Å². The summed E-state index contributed by atoms with van der Waals surface area (Å²) in [6.07, 6.45) is -0.575. The molecule has 1 atom stereocenters. The Labute approximate surface area is 104 Å². The van der Waals surface area contributed by atoms with Crippen LogP contribution in [0.2, 0.25) is 0 Å². The van der Waals surface area contributed by atoms with Crippen molar-refractivity contribution >= 4 is 11.7 Å². The van der Waals surface area contributed by atoms with E-state index in [0.29, 0.717) is 0 Å². The summed E-state index contributed by atoms with van der Waals surface area (Å²) in [5.74, 6) is -1.59. The first-order valence-corrected chi connectivity index (χ1v) is 5.46. The van der Waals surface area contributed by atoms with Crippen LogP contribution in [-0.2, 0) is 9.53 Å². The number of benzene rings is 1. The third-order valence-corrected chi connectivity index (χ3v) is 2.37. The van der Waals surface area contributed by atoms with Crippen LogP contribution in [0.25, 0.3) is 0 Å². The number of rotatable bonds is 6. The van der Waals surface area contributed by atoms with Crippen LogP contribution in [0.5, 0.6) is 0 Å². The van der Waals surface area contributed by atoms with Crippen LogP contribution >= 0.6 is 0 Å². The molecule has 0 saturated heterocycles. The molecule has 0 aromatic heterocycles. The highest BCUT2D eigenvalue weighted by atomic mass is 19.1. The summed E-state index contributed by atoms with van der Waals surface area (Å²) in [7, 11) is 1.26. The Balaban J connectivity index is 2.40. The Morgan fingerprint density at radius 3 is 2.89 bits per heavy atom. The van der Waals surface area contributed by atoms with Gasteiger partial charge in [-0.15, -0.1) is 0 Å². The molecule has 0 aliphatic carbocycles. The van der Waals surface area contributed by atoms with Gasteiger partial charge in [-0.25, -0.2) is 8.78 Å². The lowest BCUT2D eigenvalue weighted by atomic mass is 10.2. The van der Waals surface area contributed by atoms with Crippen LogP contribution in [-0.4, -0.2) is 30.8 Å². The Hall–Kier alpha value is -1.69. The van der Waals surface area contributed by atoms with Gasteiger partial charge in [-0.05, 0) is 24.6 Å². The molecule has 4 nitrogen and oxygen atoms in total.